The van der Waals surface area contributed by atoms with Gasteiger partial charge >= 0.3 is 0 Å². The molecule has 78 valence electrons. The molecule has 0 fully saturated rings. The standard InChI is InChI=1S/C10H9BrClN3/c1-7(11)9-6-15(14-13-9)10-5-3-2-4-8(10)12/h2-7H,1H3. The summed E-state index contributed by atoms with van der Waals surface area (Å²) in [6.45, 7) is 2.00. The molecular formula is C10H9BrClN3. The van der Waals surface area contributed by atoms with Gasteiger partial charge in [0.25, 0.3) is 0 Å². The van der Waals surface area contributed by atoms with Gasteiger partial charge in [0.1, 0.15) is 0 Å². The zero-order chi connectivity index (χ0) is 10.8. The van der Waals surface area contributed by atoms with E-state index in [4.69, 9.17) is 11.6 Å². The molecule has 0 amide bonds. The molecule has 1 heterocycles. The Bertz CT molecular complexity index is 467. The first-order valence-corrected chi connectivity index (χ1v) is 5.79. The number of aromatic nitrogens is 3. The summed E-state index contributed by atoms with van der Waals surface area (Å²) in [4.78, 5) is 0.189. The maximum Gasteiger partial charge on any atom is 0.0965 e. The SMILES string of the molecule is CC(Br)c1cn(-c2ccccc2Cl)nn1. The first-order chi connectivity index (χ1) is 7.18. The van der Waals surface area contributed by atoms with Crippen molar-refractivity contribution in [2.75, 3.05) is 0 Å². The molecule has 15 heavy (non-hydrogen) atoms. The Labute approximate surface area is 101 Å². The summed E-state index contributed by atoms with van der Waals surface area (Å²) in [5.74, 6) is 0. The van der Waals surface area contributed by atoms with Gasteiger partial charge in [-0.05, 0) is 19.1 Å². The van der Waals surface area contributed by atoms with Crippen LogP contribution in [0.25, 0.3) is 5.69 Å². The molecule has 0 aliphatic heterocycles. The zero-order valence-corrected chi connectivity index (χ0v) is 10.4. The van der Waals surface area contributed by atoms with Gasteiger partial charge in [-0.1, -0.05) is 44.9 Å². The van der Waals surface area contributed by atoms with Crippen LogP contribution >= 0.6 is 27.5 Å². The van der Waals surface area contributed by atoms with Crippen molar-refractivity contribution < 1.29 is 0 Å². The van der Waals surface area contributed by atoms with Crippen LogP contribution in [0.5, 0.6) is 0 Å². The highest BCUT2D eigenvalue weighted by atomic mass is 79.9. The zero-order valence-electron chi connectivity index (χ0n) is 8.06. The molecule has 0 aliphatic rings. The lowest BCUT2D eigenvalue weighted by molar-refractivity contribution is 0.798. The average molecular weight is 287 g/mol. The number of hydrogen-bond donors (Lipinski definition) is 0. The predicted octanol–water partition coefficient (Wildman–Crippen LogP) is 3.38. The van der Waals surface area contributed by atoms with Crippen molar-refractivity contribution in [3.8, 4) is 5.69 Å². The average Bonchev–Trinajstić information content (AvgIpc) is 2.67. The highest BCUT2D eigenvalue weighted by Crippen LogP contribution is 2.22. The molecule has 1 aromatic carbocycles. The summed E-state index contributed by atoms with van der Waals surface area (Å²) >= 11 is 9.49. The first kappa shape index (κ1) is 10.6. The van der Waals surface area contributed by atoms with Crippen molar-refractivity contribution in [2.45, 2.75) is 11.8 Å². The van der Waals surface area contributed by atoms with Crippen molar-refractivity contribution in [3.05, 3.63) is 41.2 Å². The third kappa shape index (κ3) is 2.21. The van der Waals surface area contributed by atoms with Gasteiger partial charge in [0, 0.05) is 0 Å². The summed E-state index contributed by atoms with van der Waals surface area (Å²) in [5.41, 5.74) is 1.72. The molecule has 0 spiro atoms. The Morgan fingerprint density at radius 3 is 2.73 bits per heavy atom. The fourth-order valence-corrected chi connectivity index (χ4v) is 1.65. The van der Waals surface area contributed by atoms with Crippen LogP contribution in [-0.2, 0) is 0 Å². The molecular weight excluding hydrogens is 277 g/mol. The molecule has 1 aromatic heterocycles. The highest BCUT2D eigenvalue weighted by molar-refractivity contribution is 9.09. The van der Waals surface area contributed by atoms with Gasteiger partial charge in [0.15, 0.2) is 0 Å². The lowest BCUT2D eigenvalue weighted by Crippen LogP contribution is -1.95. The van der Waals surface area contributed by atoms with Crippen molar-refractivity contribution in [3.63, 3.8) is 0 Å². The van der Waals surface area contributed by atoms with Crippen LogP contribution in [0.4, 0.5) is 0 Å². The minimum absolute atomic E-state index is 0.189. The molecule has 5 heteroatoms. The number of benzene rings is 1. The van der Waals surface area contributed by atoms with Crippen LogP contribution in [-0.4, -0.2) is 15.0 Å². The van der Waals surface area contributed by atoms with Crippen LogP contribution in [0.1, 0.15) is 17.4 Å². The molecule has 0 aliphatic carbocycles. The summed E-state index contributed by atoms with van der Waals surface area (Å²) in [6, 6.07) is 7.53. The van der Waals surface area contributed by atoms with E-state index < -0.39 is 0 Å². The number of para-hydroxylation sites is 1. The Morgan fingerprint density at radius 2 is 2.13 bits per heavy atom. The minimum Gasteiger partial charge on any atom is -0.219 e. The summed E-state index contributed by atoms with van der Waals surface area (Å²) in [6.07, 6.45) is 1.86. The third-order valence-electron chi connectivity index (χ3n) is 2.02. The van der Waals surface area contributed by atoms with E-state index in [0.717, 1.165) is 11.4 Å². The Kier molecular flexibility index (Phi) is 3.07. The normalized spacial score (nSPS) is 12.7. The lowest BCUT2D eigenvalue weighted by Gasteiger charge is -2.01. The largest absolute Gasteiger partial charge is 0.219 e. The van der Waals surface area contributed by atoms with Crippen LogP contribution in [0, 0.1) is 0 Å². The number of alkyl halides is 1. The smallest absolute Gasteiger partial charge is 0.0965 e. The molecule has 1 atom stereocenters. The van der Waals surface area contributed by atoms with E-state index in [1.165, 1.54) is 0 Å². The second-order valence-corrected chi connectivity index (χ2v) is 4.94. The lowest BCUT2D eigenvalue weighted by atomic mass is 10.3. The quantitative estimate of drug-likeness (QED) is 0.792. The van der Waals surface area contributed by atoms with Gasteiger partial charge in [0.2, 0.25) is 0 Å². The number of hydrogen-bond acceptors (Lipinski definition) is 2. The van der Waals surface area contributed by atoms with Crippen molar-refractivity contribution in [1.29, 1.82) is 0 Å². The summed E-state index contributed by atoms with van der Waals surface area (Å²) in [5, 5.41) is 8.72. The van der Waals surface area contributed by atoms with Gasteiger partial charge in [-0.2, -0.15) is 0 Å². The van der Waals surface area contributed by atoms with E-state index in [2.05, 4.69) is 26.2 Å². The van der Waals surface area contributed by atoms with Crippen LogP contribution < -0.4 is 0 Å². The van der Waals surface area contributed by atoms with Crippen LogP contribution in [0.2, 0.25) is 5.02 Å². The fourth-order valence-electron chi connectivity index (χ4n) is 1.21. The number of halogens is 2. The maximum absolute atomic E-state index is 6.05. The second-order valence-electron chi connectivity index (χ2n) is 3.16. The van der Waals surface area contributed by atoms with E-state index in [-0.39, 0.29) is 4.83 Å². The fraction of sp³-hybridized carbons (Fsp3) is 0.200. The van der Waals surface area contributed by atoms with Crippen molar-refractivity contribution in [1.82, 2.24) is 15.0 Å². The van der Waals surface area contributed by atoms with E-state index in [9.17, 15) is 0 Å². The Balaban J connectivity index is 2.42. The molecule has 3 nitrogen and oxygen atoms in total. The van der Waals surface area contributed by atoms with Crippen LogP contribution in [0.15, 0.2) is 30.5 Å². The van der Waals surface area contributed by atoms with Gasteiger partial charge in [0.05, 0.1) is 27.4 Å². The van der Waals surface area contributed by atoms with Gasteiger partial charge in [-0.3, -0.25) is 0 Å². The molecule has 0 saturated carbocycles. The molecule has 0 bridgehead atoms. The van der Waals surface area contributed by atoms with E-state index >= 15 is 0 Å². The molecule has 2 aromatic rings. The van der Waals surface area contributed by atoms with Gasteiger partial charge < -0.3 is 0 Å². The third-order valence-corrected chi connectivity index (χ3v) is 2.81. The minimum atomic E-state index is 0.189. The number of rotatable bonds is 2. The van der Waals surface area contributed by atoms with E-state index in [0.29, 0.717) is 5.02 Å². The monoisotopic (exact) mass is 285 g/mol. The van der Waals surface area contributed by atoms with Crippen LogP contribution in [0.3, 0.4) is 0 Å². The summed E-state index contributed by atoms with van der Waals surface area (Å²) < 4.78 is 1.68. The topological polar surface area (TPSA) is 30.7 Å². The number of nitrogens with zero attached hydrogens (tertiary/aromatic N) is 3. The molecule has 0 saturated heterocycles. The molecule has 2 rings (SSSR count). The highest BCUT2D eigenvalue weighted by Gasteiger charge is 2.08. The van der Waals surface area contributed by atoms with Crippen molar-refractivity contribution in [2.24, 2.45) is 0 Å². The maximum atomic E-state index is 6.05. The van der Waals surface area contributed by atoms with E-state index in [1.807, 2.05) is 37.4 Å². The Hall–Kier alpha value is -0.870. The molecule has 0 N–H and O–H groups in total. The second kappa shape index (κ2) is 4.33. The first-order valence-electron chi connectivity index (χ1n) is 4.49. The van der Waals surface area contributed by atoms with E-state index in [1.54, 1.807) is 4.68 Å². The van der Waals surface area contributed by atoms with Crippen molar-refractivity contribution >= 4 is 27.5 Å². The molecule has 1 unspecified atom stereocenters. The molecule has 0 radical (unpaired) electrons. The van der Waals surface area contributed by atoms with Gasteiger partial charge in [-0.15, -0.1) is 5.10 Å². The van der Waals surface area contributed by atoms with Gasteiger partial charge in [-0.25, -0.2) is 4.68 Å². The summed E-state index contributed by atoms with van der Waals surface area (Å²) in [7, 11) is 0. The predicted molar refractivity (Wildman–Crippen MR) is 63.7 cm³/mol. The Morgan fingerprint density at radius 1 is 1.40 bits per heavy atom.